The molecule has 1 N–H and O–H groups in total. The van der Waals surface area contributed by atoms with Gasteiger partial charge in [-0.25, -0.2) is 4.98 Å². The Morgan fingerprint density at radius 3 is 2.10 bits per heavy atom. The Kier molecular flexibility index (Phi) is 8.36. The third-order valence-electron chi connectivity index (χ3n) is 4.95. The predicted molar refractivity (Wildman–Crippen MR) is 123 cm³/mol. The number of aliphatic hydroxyl groups excluding tert-OH is 1. The molecule has 0 atom stereocenters. The molecule has 1 heterocycles. The first-order valence-electron chi connectivity index (χ1n) is 10.6. The first-order chi connectivity index (χ1) is 14.7. The van der Waals surface area contributed by atoms with Gasteiger partial charge in [0.1, 0.15) is 5.82 Å². The fourth-order valence-corrected chi connectivity index (χ4v) is 3.34. The number of rotatable bonds is 11. The Bertz CT molecular complexity index is 885. The fourth-order valence-electron chi connectivity index (χ4n) is 3.34. The average Bonchev–Trinajstić information content (AvgIpc) is 2.79. The van der Waals surface area contributed by atoms with Crippen molar-refractivity contribution in [2.45, 2.75) is 32.7 Å². The number of nitrogens with zero attached hydrogens (tertiary/aromatic N) is 3. The molecule has 3 rings (SSSR count). The van der Waals surface area contributed by atoms with E-state index in [9.17, 15) is 0 Å². The molecular weight excluding hydrogens is 374 g/mol. The SMILES string of the molecule is CC(C)N(CCOCCCCO)c1cnc(-c2ccccc2)c(-c2ccccc2)n1. The van der Waals surface area contributed by atoms with Crippen molar-refractivity contribution in [1.82, 2.24) is 9.97 Å². The molecule has 0 aliphatic carbocycles. The molecular formula is C25H31N3O2. The molecule has 158 valence electrons. The Balaban J connectivity index is 1.87. The highest BCUT2D eigenvalue weighted by Crippen LogP contribution is 2.30. The van der Waals surface area contributed by atoms with Gasteiger partial charge in [-0.3, -0.25) is 4.98 Å². The second-order valence-electron chi connectivity index (χ2n) is 7.49. The summed E-state index contributed by atoms with van der Waals surface area (Å²) in [5, 5.41) is 8.88. The summed E-state index contributed by atoms with van der Waals surface area (Å²) < 4.78 is 5.74. The van der Waals surface area contributed by atoms with E-state index in [1.165, 1.54) is 0 Å². The number of unbranched alkanes of at least 4 members (excludes halogenated alkanes) is 1. The lowest BCUT2D eigenvalue weighted by Crippen LogP contribution is -2.35. The van der Waals surface area contributed by atoms with E-state index < -0.39 is 0 Å². The molecule has 5 nitrogen and oxygen atoms in total. The third kappa shape index (κ3) is 5.88. The Hall–Kier alpha value is -2.76. The number of aliphatic hydroxyl groups is 1. The van der Waals surface area contributed by atoms with E-state index in [-0.39, 0.29) is 12.6 Å². The fraction of sp³-hybridized carbons (Fsp3) is 0.360. The minimum Gasteiger partial charge on any atom is -0.396 e. The molecule has 2 aromatic carbocycles. The molecule has 5 heteroatoms. The molecule has 0 saturated heterocycles. The van der Waals surface area contributed by atoms with Crippen LogP contribution in [0.2, 0.25) is 0 Å². The van der Waals surface area contributed by atoms with Crippen molar-refractivity contribution in [3.8, 4) is 22.5 Å². The van der Waals surface area contributed by atoms with Gasteiger partial charge in [-0.1, -0.05) is 60.7 Å². The first-order valence-corrected chi connectivity index (χ1v) is 10.6. The molecule has 0 spiro atoms. The Morgan fingerprint density at radius 1 is 0.867 bits per heavy atom. The van der Waals surface area contributed by atoms with Gasteiger partial charge in [-0.15, -0.1) is 0 Å². The lowest BCUT2D eigenvalue weighted by Gasteiger charge is -2.28. The molecule has 0 unspecified atom stereocenters. The van der Waals surface area contributed by atoms with Gasteiger partial charge in [0.05, 0.1) is 24.2 Å². The molecule has 0 fully saturated rings. The Morgan fingerprint density at radius 2 is 1.50 bits per heavy atom. The first kappa shape index (κ1) is 21.9. The van der Waals surface area contributed by atoms with Crippen LogP contribution in [-0.4, -0.2) is 47.5 Å². The zero-order chi connectivity index (χ0) is 21.2. The van der Waals surface area contributed by atoms with Crippen LogP contribution in [0.25, 0.3) is 22.5 Å². The lowest BCUT2D eigenvalue weighted by atomic mass is 10.0. The van der Waals surface area contributed by atoms with Gasteiger partial charge in [0, 0.05) is 36.9 Å². The number of ether oxygens (including phenoxy) is 1. The minimum absolute atomic E-state index is 0.215. The smallest absolute Gasteiger partial charge is 0.148 e. The monoisotopic (exact) mass is 405 g/mol. The summed E-state index contributed by atoms with van der Waals surface area (Å²) in [7, 11) is 0. The van der Waals surface area contributed by atoms with Gasteiger partial charge in [0.15, 0.2) is 0 Å². The van der Waals surface area contributed by atoms with Crippen molar-refractivity contribution in [2.24, 2.45) is 0 Å². The van der Waals surface area contributed by atoms with Crippen molar-refractivity contribution >= 4 is 5.82 Å². The maximum atomic E-state index is 8.88. The predicted octanol–water partition coefficient (Wildman–Crippen LogP) is 4.81. The van der Waals surface area contributed by atoms with Gasteiger partial charge < -0.3 is 14.7 Å². The van der Waals surface area contributed by atoms with Gasteiger partial charge in [0.25, 0.3) is 0 Å². The van der Waals surface area contributed by atoms with Crippen LogP contribution in [0.3, 0.4) is 0 Å². The van der Waals surface area contributed by atoms with Crippen molar-refractivity contribution < 1.29 is 9.84 Å². The summed E-state index contributed by atoms with van der Waals surface area (Å²) in [6.07, 6.45) is 3.52. The molecule has 0 amide bonds. The Labute approximate surface area is 179 Å². The highest BCUT2D eigenvalue weighted by Gasteiger charge is 2.17. The second-order valence-corrected chi connectivity index (χ2v) is 7.49. The summed E-state index contributed by atoms with van der Waals surface area (Å²) >= 11 is 0. The van der Waals surface area contributed by atoms with E-state index in [0.717, 1.165) is 47.7 Å². The van der Waals surface area contributed by atoms with Gasteiger partial charge in [-0.05, 0) is 26.7 Å². The highest BCUT2D eigenvalue weighted by atomic mass is 16.5. The van der Waals surface area contributed by atoms with E-state index in [1.807, 2.05) is 42.6 Å². The van der Waals surface area contributed by atoms with Crippen LogP contribution in [0.4, 0.5) is 5.82 Å². The number of hydrogen-bond acceptors (Lipinski definition) is 5. The van der Waals surface area contributed by atoms with Gasteiger partial charge >= 0.3 is 0 Å². The van der Waals surface area contributed by atoms with Crippen LogP contribution in [0.1, 0.15) is 26.7 Å². The molecule has 30 heavy (non-hydrogen) atoms. The zero-order valence-electron chi connectivity index (χ0n) is 17.9. The van der Waals surface area contributed by atoms with E-state index >= 15 is 0 Å². The van der Waals surface area contributed by atoms with Crippen LogP contribution in [0, 0.1) is 0 Å². The average molecular weight is 406 g/mol. The minimum atomic E-state index is 0.215. The topological polar surface area (TPSA) is 58.5 Å². The second kappa shape index (κ2) is 11.4. The van der Waals surface area contributed by atoms with Crippen molar-refractivity contribution in [3.63, 3.8) is 0 Å². The molecule has 0 saturated carbocycles. The van der Waals surface area contributed by atoms with Crippen LogP contribution in [-0.2, 0) is 4.74 Å². The molecule has 3 aromatic rings. The summed E-state index contributed by atoms with van der Waals surface area (Å²) in [6.45, 7) is 6.55. The van der Waals surface area contributed by atoms with E-state index in [2.05, 4.69) is 43.0 Å². The van der Waals surface area contributed by atoms with Crippen molar-refractivity contribution in [1.29, 1.82) is 0 Å². The van der Waals surface area contributed by atoms with E-state index in [1.54, 1.807) is 0 Å². The molecule has 0 bridgehead atoms. The maximum Gasteiger partial charge on any atom is 0.148 e. The quantitative estimate of drug-likeness (QED) is 0.464. The van der Waals surface area contributed by atoms with E-state index in [0.29, 0.717) is 13.2 Å². The maximum absolute atomic E-state index is 8.88. The number of anilines is 1. The van der Waals surface area contributed by atoms with Crippen molar-refractivity contribution in [3.05, 3.63) is 66.9 Å². The molecule has 0 radical (unpaired) electrons. The number of aromatic nitrogens is 2. The number of hydrogen-bond donors (Lipinski definition) is 1. The largest absolute Gasteiger partial charge is 0.396 e. The van der Waals surface area contributed by atoms with Crippen LogP contribution < -0.4 is 4.90 Å². The van der Waals surface area contributed by atoms with Gasteiger partial charge in [0.2, 0.25) is 0 Å². The standard InChI is InChI=1S/C25H31N3O2/c1-20(2)28(15-18-30-17-10-9-16-29)23-19-26-24(21-11-5-3-6-12-21)25(27-23)22-13-7-4-8-14-22/h3-8,11-14,19-20,29H,9-10,15-18H2,1-2H3. The van der Waals surface area contributed by atoms with Crippen LogP contribution in [0.15, 0.2) is 66.9 Å². The number of benzene rings is 2. The van der Waals surface area contributed by atoms with Crippen LogP contribution in [0.5, 0.6) is 0 Å². The third-order valence-corrected chi connectivity index (χ3v) is 4.95. The van der Waals surface area contributed by atoms with Gasteiger partial charge in [-0.2, -0.15) is 0 Å². The molecule has 1 aromatic heterocycles. The summed E-state index contributed by atoms with van der Waals surface area (Å²) in [5.74, 6) is 0.850. The van der Waals surface area contributed by atoms with Crippen LogP contribution >= 0.6 is 0 Å². The molecule has 0 aliphatic rings. The summed E-state index contributed by atoms with van der Waals surface area (Å²) in [5.41, 5.74) is 3.87. The normalized spacial score (nSPS) is 11.1. The summed E-state index contributed by atoms with van der Waals surface area (Å²) in [6, 6.07) is 20.7. The molecule has 0 aliphatic heterocycles. The lowest BCUT2D eigenvalue weighted by molar-refractivity contribution is 0.129. The summed E-state index contributed by atoms with van der Waals surface area (Å²) in [4.78, 5) is 12.1. The zero-order valence-corrected chi connectivity index (χ0v) is 17.9. The highest BCUT2D eigenvalue weighted by molar-refractivity contribution is 5.78. The van der Waals surface area contributed by atoms with E-state index in [4.69, 9.17) is 19.8 Å². The van der Waals surface area contributed by atoms with Crippen molar-refractivity contribution in [2.75, 3.05) is 31.3 Å².